The van der Waals surface area contributed by atoms with Crippen molar-refractivity contribution < 1.29 is 9.13 Å². The number of benzene rings is 1. The summed E-state index contributed by atoms with van der Waals surface area (Å²) in [4.78, 5) is 0. The minimum Gasteiger partial charge on any atom is -0.383 e. The molecule has 0 aliphatic rings. The van der Waals surface area contributed by atoms with Crippen molar-refractivity contribution in [2.75, 3.05) is 26.8 Å². The number of rotatable bonds is 8. The van der Waals surface area contributed by atoms with Crippen LogP contribution in [0.3, 0.4) is 0 Å². The van der Waals surface area contributed by atoms with Crippen molar-refractivity contribution >= 4 is 11.6 Å². The van der Waals surface area contributed by atoms with E-state index in [2.05, 4.69) is 19.2 Å². The Kier molecular flexibility index (Phi) is 6.76. The van der Waals surface area contributed by atoms with E-state index in [1.807, 2.05) is 0 Å². The Balaban J connectivity index is 2.63. The summed E-state index contributed by atoms with van der Waals surface area (Å²) < 4.78 is 18.8. The Morgan fingerprint density at radius 2 is 2.16 bits per heavy atom. The van der Waals surface area contributed by atoms with Gasteiger partial charge in [-0.25, -0.2) is 4.39 Å². The third-order valence-electron chi connectivity index (χ3n) is 3.52. The van der Waals surface area contributed by atoms with Gasteiger partial charge in [0, 0.05) is 25.2 Å². The van der Waals surface area contributed by atoms with E-state index in [1.165, 1.54) is 6.07 Å². The van der Waals surface area contributed by atoms with Crippen LogP contribution in [-0.2, 0) is 11.2 Å². The monoisotopic (exact) mass is 287 g/mol. The van der Waals surface area contributed by atoms with Gasteiger partial charge in [-0.2, -0.15) is 0 Å². The van der Waals surface area contributed by atoms with Crippen molar-refractivity contribution in [3.63, 3.8) is 0 Å². The lowest BCUT2D eigenvalue weighted by atomic mass is 9.81. The molecule has 108 valence electrons. The minimum atomic E-state index is -0.218. The third kappa shape index (κ3) is 5.47. The van der Waals surface area contributed by atoms with E-state index in [1.54, 1.807) is 19.2 Å². The number of methoxy groups -OCH3 is 1. The van der Waals surface area contributed by atoms with Crippen LogP contribution in [0.15, 0.2) is 18.2 Å². The van der Waals surface area contributed by atoms with Gasteiger partial charge in [0.1, 0.15) is 5.82 Å². The lowest BCUT2D eigenvalue weighted by molar-refractivity contribution is 0.191. The Morgan fingerprint density at radius 3 is 2.74 bits per heavy atom. The zero-order valence-corrected chi connectivity index (χ0v) is 12.7. The highest BCUT2D eigenvalue weighted by atomic mass is 35.5. The summed E-state index contributed by atoms with van der Waals surface area (Å²) in [6.45, 7) is 6.64. The number of halogens is 2. The van der Waals surface area contributed by atoms with E-state index in [-0.39, 0.29) is 11.2 Å². The maximum atomic E-state index is 13.8. The molecule has 1 N–H and O–H groups in total. The molecule has 1 aromatic carbocycles. The summed E-state index contributed by atoms with van der Waals surface area (Å²) in [6.07, 6.45) is 1.68. The maximum absolute atomic E-state index is 13.8. The molecule has 2 nitrogen and oxygen atoms in total. The Labute approximate surface area is 120 Å². The van der Waals surface area contributed by atoms with Gasteiger partial charge in [0.05, 0.1) is 6.61 Å². The first-order valence-corrected chi connectivity index (χ1v) is 7.02. The molecular weight excluding hydrogens is 265 g/mol. The van der Waals surface area contributed by atoms with Crippen LogP contribution in [-0.4, -0.2) is 26.8 Å². The molecule has 0 bridgehead atoms. The number of nitrogens with one attached hydrogen (secondary N) is 1. The summed E-state index contributed by atoms with van der Waals surface area (Å²) in [5, 5.41) is 3.80. The van der Waals surface area contributed by atoms with Crippen molar-refractivity contribution in [1.29, 1.82) is 0 Å². The van der Waals surface area contributed by atoms with Gasteiger partial charge in [-0.3, -0.25) is 0 Å². The molecule has 0 aliphatic carbocycles. The molecule has 0 heterocycles. The second kappa shape index (κ2) is 7.83. The molecule has 0 spiro atoms. The first-order valence-electron chi connectivity index (χ1n) is 6.64. The highest BCUT2D eigenvalue weighted by Gasteiger charge is 2.23. The first-order chi connectivity index (χ1) is 9.00. The smallest absolute Gasteiger partial charge is 0.127 e. The van der Waals surface area contributed by atoms with Crippen LogP contribution in [0.2, 0.25) is 5.02 Å². The highest BCUT2D eigenvalue weighted by molar-refractivity contribution is 6.30. The van der Waals surface area contributed by atoms with Gasteiger partial charge in [0.25, 0.3) is 0 Å². The van der Waals surface area contributed by atoms with E-state index >= 15 is 0 Å². The molecule has 1 aromatic rings. The predicted octanol–water partition coefficient (Wildman–Crippen LogP) is 3.67. The van der Waals surface area contributed by atoms with E-state index < -0.39 is 0 Å². The van der Waals surface area contributed by atoms with Gasteiger partial charge in [0.15, 0.2) is 0 Å². The lowest BCUT2D eigenvalue weighted by Gasteiger charge is -2.29. The normalized spacial score (nSPS) is 14.4. The summed E-state index contributed by atoms with van der Waals surface area (Å²) >= 11 is 5.77. The quantitative estimate of drug-likeness (QED) is 0.737. The molecular formula is C15H23ClFNO. The van der Waals surface area contributed by atoms with E-state index in [0.717, 1.165) is 25.1 Å². The number of ether oxygens (including phenoxy) is 1. The van der Waals surface area contributed by atoms with Crippen molar-refractivity contribution in [2.24, 2.45) is 5.41 Å². The molecule has 4 heteroatoms. The van der Waals surface area contributed by atoms with Crippen molar-refractivity contribution in [3.8, 4) is 0 Å². The Morgan fingerprint density at radius 1 is 1.42 bits per heavy atom. The summed E-state index contributed by atoms with van der Waals surface area (Å²) in [5.74, 6) is -0.218. The standard InChI is InChI=1S/C15H23ClFNO/c1-4-15(2,11-18-7-8-19-3)10-12-5-6-13(16)9-14(12)17/h5-6,9,18H,4,7-8,10-11H2,1-3H3. The predicted molar refractivity (Wildman–Crippen MR) is 78.3 cm³/mol. The second-order valence-corrected chi connectivity index (χ2v) is 5.68. The van der Waals surface area contributed by atoms with Crippen LogP contribution in [0, 0.1) is 11.2 Å². The van der Waals surface area contributed by atoms with Crippen molar-refractivity contribution in [1.82, 2.24) is 5.32 Å². The van der Waals surface area contributed by atoms with Gasteiger partial charge >= 0.3 is 0 Å². The van der Waals surface area contributed by atoms with Gasteiger partial charge in [0.2, 0.25) is 0 Å². The fourth-order valence-corrected chi connectivity index (χ4v) is 2.16. The minimum absolute atomic E-state index is 0.0302. The van der Waals surface area contributed by atoms with Crippen LogP contribution < -0.4 is 5.32 Å². The van der Waals surface area contributed by atoms with Crippen LogP contribution in [0.25, 0.3) is 0 Å². The maximum Gasteiger partial charge on any atom is 0.127 e. The molecule has 0 aliphatic heterocycles. The van der Waals surface area contributed by atoms with E-state index in [0.29, 0.717) is 18.1 Å². The number of hydrogen-bond acceptors (Lipinski definition) is 2. The van der Waals surface area contributed by atoms with E-state index in [9.17, 15) is 4.39 Å². The molecule has 1 rings (SSSR count). The van der Waals surface area contributed by atoms with Crippen LogP contribution in [0.4, 0.5) is 4.39 Å². The number of hydrogen-bond donors (Lipinski definition) is 1. The van der Waals surface area contributed by atoms with Crippen molar-refractivity contribution in [2.45, 2.75) is 26.7 Å². The molecule has 0 aromatic heterocycles. The fraction of sp³-hybridized carbons (Fsp3) is 0.600. The van der Waals surface area contributed by atoms with Gasteiger partial charge in [-0.15, -0.1) is 0 Å². The van der Waals surface area contributed by atoms with Crippen LogP contribution in [0.1, 0.15) is 25.8 Å². The Hall–Kier alpha value is -0.640. The first kappa shape index (κ1) is 16.4. The molecule has 0 fully saturated rings. The van der Waals surface area contributed by atoms with Crippen LogP contribution >= 0.6 is 11.6 Å². The lowest BCUT2D eigenvalue weighted by Crippen LogP contribution is -2.35. The molecule has 0 radical (unpaired) electrons. The average Bonchev–Trinajstić information content (AvgIpc) is 2.38. The molecule has 1 unspecified atom stereocenters. The second-order valence-electron chi connectivity index (χ2n) is 5.25. The fourth-order valence-electron chi connectivity index (χ4n) is 2.00. The van der Waals surface area contributed by atoms with Gasteiger partial charge < -0.3 is 10.1 Å². The summed E-state index contributed by atoms with van der Waals surface area (Å²) in [5.41, 5.74) is 0.755. The molecule has 1 atom stereocenters. The average molecular weight is 288 g/mol. The third-order valence-corrected chi connectivity index (χ3v) is 3.76. The molecule has 0 saturated heterocycles. The van der Waals surface area contributed by atoms with Crippen LogP contribution in [0.5, 0.6) is 0 Å². The van der Waals surface area contributed by atoms with Crippen molar-refractivity contribution in [3.05, 3.63) is 34.6 Å². The zero-order chi connectivity index (χ0) is 14.3. The molecule has 0 amide bonds. The summed E-state index contributed by atoms with van der Waals surface area (Å²) in [7, 11) is 1.68. The molecule has 0 saturated carbocycles. The SMILES string of the molecule is CCC(C)(CNCCOC)Cc1ccc(Cl)cc1F. The Bertz CT molecular complexity index is 400. The van der Waals surface area contributed by atoms with Gasteiger partial charge in [-0.05, 0) is 36.0 Å². The van der Waals surface area contributed by atoms with E-state index in [4.69, 9.17) is 16.3 Å². The highest BCUT2D eigenvalue weighted by Crippen LogP contribution is 2.28. The zero-order valence-electron chi connectivity index (χ0n) is 11.9. The topological polar surface area (TPSA) is 21.3 Å². The molecule has 19 heavy (non-hydrogen) atoms. The largest absolute Gasteiger partial charge is 0.383 e. The van der Waals surface area contributed by atoms with Gasteiger partial charge in [-0.1, -0.05) is 31.5 Å². The summed E-state index contributed by atoms with van der Waals surface area (Å²) in [6, 6.07) is 4.90.